The smallest absolute Gasteiger partial charge is 0.216 e. The molecule has 1 fully saturated rings. The number of ether oxygens (including phenoxy) is 1. The van der Waals surface area contributed by atoms with E-state index in [4.69, 9.17) is 4.74 Å². The Kier molecular flexibility index (Phi) is 5.23. The fourth-order valence-corrected chi connectivity index (χ4v) is 4.41. The van der Waals surface area contributed by atoms with Crippen molar-refractivity contribution in [3.63, 3.8) is 0 Å². The van der Waals surface area contributed by atoms with Crippen LogP contribution in [-0.2, 0) is 21.2 Å². The van der Waals surface area contributed by atoms with E-state index in [-0.39, 0.29) is 11.2 Å². The number of sulfonamides is 1. The third-order valence-electron chi connectivity index (χ3n) is 3.71. The zero-order valence-corrected chi connectivity index (χ0v) is 14.2. The summed E-state index contributed by atoms with van der Waals surface area (Å²) in [6, 6.07) is 8.01. The van der Waals surface area contributed by atoms with Gasteiger partial charge in [0.2, 0.25) is 10.0 Å². The summed E-state index contributed by atoms with van der Waals surface area (Å²) in [4.78, 5) is 0. The minimum Gasteiger partial charge on any atom is -0.381 e. The number of hydrogen-bond donors (Lipinski definition) is 0. The molecule has 0 amide bonds. The molecule has 2 rings (SSSR count). The predicted molar refractivity (Wildman–Crippen MR) is 83.2 cm³/mol. The molecule has 112 valence electrons. The van der Waals surface area contributed by atoms with Crippen LogP contribution in [0.5, 0.6) is 0 Å². The number of hydrogen-bond acceptors (Lipinski definition) is 3. The van der Waals surface area contributed by atoms with Crippen LogP contribution in [0, 0.1) is 5.92 Å². The quantitative estimate of drug-likeness (QED) is 0.826. The first-order chi connectivity index (χ1) is 9.41. The summed E-state index contributed by atoms with van der Waals surface area (Å²) in [6.45, 7) is 1.03. The van der Waals surface area contributed by atoms with Crippen molar-refractivity contribution in [3.05, 3.63) is 34.3 Å². The van der Waals surface area contributed by atoms with E-state index in [2.05, 4.69) is 15.9 Å². The molecule has 1 aromatic rings. The Morgan fingerprint density at radius 1 is 1.30 bits per heavy atom. The van der Waals surface area contributed by atoms with Gasteiger partial charge in [-0.05, 0) is 30.5 Å². The summed E-state index contributed by atoms with van der Waals surface area (Å²) in [6.07, 6.45) is 1.30. The summed E-state index contributed by atoms with van der Waals surface area (Å²) in [5.74, 6) is 0.0114. The lowest BCUT2D eigenvalue weighted by molar-refractivity contribution is 0.0563. The zero-order valence-electron chi connectivity index (χ0n) is 11.8. The molecule has 0 radical (unpaired) electrons. The molecule has 1 saturated heterocycles. The second-order valence-electron chi connectivity index (χ2n) is 5.32. The molecule has 0 aliphatic carbocycles. The van der Waals surface area contributed by atoms with Crippen molar-refractivity contribution in [1.29, 1.82) is 0 Å². The molecular weight excluding hydrogens is 342 g/mol. The van der Waals surface area contributed by atoms with E-state index in [0.29, 0.717) is 19.6 Å². The van der Waals surface area contributed by atoms with Crippen LogP contribution < -0.4 is 0 Å². The van der Waals surface area contributed by atoms with Gasteiger partial charge in [0.15, 0.2) is 0 Å². The van der Waals surface area contributed by atoms with E-state index >= 15 is 0 Å². The molecule has 1 aromatic carbocycles. The molecule has 0 N–H and O–H groups in total. The van der Waals surface area contributed by atoms with Crippen molar-refractivity contribution in [2.45, 2.75) is 18.1 Å². The van der Waals surface area contributed by atoms with Gasteiger partial charge in [0.1, 0.15) is 0 Å². The van der Waals surface area contributed by atoms with Crippen molar-refractivity contribution in [2.75, 3.05) is 27.3 Å². The maximum atomic E-state index is 12.4. The minimum atomic E-state index is -3.23. The Balaban J connectivity index is 2.17. The fourth-order valence-electron chi connectivity index (χ4n) is 2.55. The minimum absolute atomic E-state index is 0.0114. The van der Waals surface area contributed by atoms with Crippen molar-refractivity contribution in [1.82, 2.24) is 4.31 Å². The van der Waals surface area contributed by atoms with Crippen LogP contribution in [0.4, 0.5) is 0 Å². The first-order valence-corrected chi connectivity index (χ1v) is 8.94. The highest BCUT2D eigenvalue weighted by Crippen LogP contribution is 2.27. The van der Waals surface area contributed by atoms with Crippen LogP contribution in [0.25, 0.3) is 0 Å². The predicted octanol–water partition coefficient (Wildman–Crippen LogP) is 2.29. The van der Waals surface area contributed by atoms with E-state index in [9.17, 15) is 8.42 Å². The van der Waals surface area contributed by atoms with E-state index < -0.39 is 10.0 Å². The van der Waals surface area contributed by atoms with Crippen molar-refractivity contribution in [2.24, 2.45) is 5.92 Å². The molecule has 1 aliphatic heterocycles. The van der Waals surface area contributed by atoms with Gasteiger partial charge in [-0.25, -0.2) is 12.7 Å². The third kappa shape index (κ3) is 3.61. The lowest BCUT2D eigenvalue weighted by atomic mass is 9.94. The standard InChI is InChI=1S/C14H20BrNO3S/c1-16(2)20(17,18)14-7-8-19-10-12(14)9-11-3-5-13(15)6-4-11/h3-6,12,14H,7-10H2,1-2H3/t12-,14+/m0/s1. The molecule has 4 nitrogen and oxygen atoms in total. The summed E-state index contributed by atoms with van der Waals surface area (Å²) in [5, 5.41) is -0.352. The van der Waals surface area contributed by atoms with Crippen LogP contribution in [0.2, 0.25) is 0 Å². The Bertz CT molecular complexity index is 542. The lowest BCUT2D eigenvalue weighted by Crippen LogP contribution is -2.44. The normalized spacial score (nSPS) is 24.0. The average Bonchev–Trinajstić information content (AvgIpc) is 2.41. The number of rotatable bonds is 4. The molecule has 6 heteroatoms. The zero-order chi connectivity index (χ0) is 14.8. The first-order valence-electron chi connectivity index (χ1n) is 6.65. The Labute approximate surface area is 129 Å². The van der Waals surface area contributed by atoms with Gasteiger partial charge in [-0.2, -0.15) is 0 Å². The van der Waals surface area contributed by atoms with Gasteiger partial charge < -0.3 is 4.74 Å². The topological polar surface area (TPSA) is 46.6 Å². The van der Waals surface area contributed by atoms with Gasteiger partial charge in [-0.1, -0.05) is 28.1 Å². The van der Waals surface area contributed by atoms with E-state index in [0.717, 1.165) is 16.5 Å². The van der Waals surface area contributed by atoms with Crippen LogP contribution in [0.1, 0.15) is 12.0 Å². The Morgan fingerprint density at radius 3 is 2.55 bits per heavy atom. The van der Waals surface area contributed by atoms with Crippen LogP contribution in [-0.4, -0.2) is 45.3 Å². The average molecular weight is 362 g/mol. The summed E-state index contributed by atoms with van der Waals surface area (Å²) in [5.41, 5.74) is 1.14. The Hall–Kier alpha value is -0.430. The lowest BCUT2D eigenvalue weighted by Gasteiger charge is -2.33. The second-order valence-corrected chi connectivity index (χ2v) is 8.60. The van der Waals surface area contributed by atoms with Crippen LogP contribution >= 0.6 is 15.9 Å². The highest BCUT2D eigenvalue weighted by atomic mass is 79.9. The molecule has 1 aliphatic rings. The maximum absolute atomic E-state index is 12.4. The SMILES string of the molecule is CN(C)S(=O)(=O)[C@@H]1CCOC[C@@H]1Cc1ccc(Br)cc1. The van der Waals surface area contributed by atoms with Gasteiger partial charge >= 0.3 is 0 Å². The molecule has 0 saturated carbocycles. The highest BCUT2D eigenvalue weighted by Gasteiger charge is 2.37. The van der Waals surface area contributed by atoms with Gasteiger partial charge in [-0.3, -0.25) is 0 Å². The largest absolute Gasteiger partial charge is 0.381 e. The van der Waals surface area contributed by atoms with Crippen molar-refractivity contribution in [3.8, 4) is 0 Å². The second kappa shape index (κ2) is 6.56. The summed E-state index contributed by atoms with van der Waals surface area (Å²) in [7, 11) is -0.0359. The molecular formula is C14H20BrNO3S. The summed E-state index contributed by atoms with van der Waals surface area (Å²) >= 11 is 3.41. The fraction of sp³-hybridized carbons (Fsp3) is 0.571. The van der Waals surface area contributed by atoms with Crippen LogP contribution in [0.15, 0.2) is 28.7 Å². The van der Waals surface area contributed by atoms with E-state index in [1.54, 1.807) is 14.1 Å². The highest BCUT2D eigenvalue weighted by molar-refractivity contribution is 9.10. The van der Waals surface area contributed by atoms with Gasteiger partial charge in [0.25, 0.3) is 0 Å². The number of nitrogens with zero attached hydrogens (tertiary/aromatic N) is 1. The first kappa shape index (κ1) is 15.9. The van der Waals surface area contributed by atoms with Gasteiger partial charge in [-0.15, -0.1) is 0 Å². The molecule has 0 unspecified atom stereocenters. The molecule has 0 bridgehead atoms. The molecule has 2 atom stereocenters. The molecule has 20 heavy (non-hydrogen) atoms. The third-order valence-corrected chi connectivity index (χ3v) is 6.64. The summed E-state index contributed by atoms with van der Waals surface area (Å²) < 4.78 is 32.7. The van der Waals surface area contributed by atoms with Crippen LogP contribution in [0.3, 0.4) is 0 Å². The van der Waals surface area contributed by atoms with E-state index in [1.807, 2.05) is 24.3 Å². The van der Waals surface area contributed by atoms with E-state index in [1.165, 1.54) is 4.31 Å². The number of halogens is 1. The van der Waals surface area contributed by atoms with Gasteiger partial charge in [0, 0.05) is 31.1 Å². The monoisotopic (exact) mass is 361 g/mol. The van der Waals surface area contributed by atoms with Crippen molar-refractivity contribution < 1.29 is 13.2 Å². The molecule has 0 spiro atoms. The molecule has 1 heterocycles. The maximum Gasteiger partial charge on any atom is 0.216 e. The molecule has 0 aromatic heterocycles. The number of benzene rings is 1. The Morgan fingerprint density at radius 2 is 1.95 bits per heavy atom. The van der Waals surface area contributed by atoms with Gasteiger partial charge in [0.05, 0.1) is 11.9 Å². The van der Waals surface area contributed by atoms with Crippen molar-refractivity contribution >= 4 is 26.0 Å².